The molecule has 6 nitrogen and oxygen atoms in total. The van der Waals surface area contributed by atoms with Gasteiger partial charge < -0.3 is 10.6 Å². The van der Waals surface area contributed by atoms with Gasteiger partial charge in [-0.1, -0.05) is 18.5 Å². The molecule has 0 aliphatic carbocycles. The van der Waals surface area contributed by atoms with Crippen LogP contribution in [-0.2, 0) is 9.59 Å². The van der Waals surface area contributed by atoms with Crippen molar-refractivity contribution in [3.8, 4) is 6.07 Å². The van der Waals surface area contributed by atoms with Crippen LogP contribution in [0.15, 0.2) is 18.2 Å². The van der Waals surface area contributed by atoms with Crippen molar-refractivity contribution in [3.05, 3.63) is 28.8 Å². The highest BCUT2D eigenvalue weighted by Crippen LogP contribution is 2.20. The molecule has 0 spiro atoms. The van der Waals surface area contributed by atoms with Gasteiger partial charge in [-0.2, -0.15) is 5.26 Å². The van der Waals surface area contributed by atoms with Crippen LogP contribution in [0.5, 0.6) is 0 Å². The number of halogens is 1. The highest BCUT2D eigenvalue weighted by atomic mass is 35.5. The van der Waals surface area contributed by atoms with E-state index < -0.39 is 0 Å². The first-order valence-corrected chi connectivity index (χ1v) is 7.36. The molecule has 7 heteroatoms. The van der Waals surface area contributed by atoms with E-state index in [1.54, 1.807) is 17.0 Å². The molecule has 0 unspecified atom stereocenters. The SMILES string of the molecule is CCNC(=O)CN(CC)CC(=O)Nc1cc(Cl)ccc1C#N. The lowest BCUT2D eigenvalue weighted by Gasteiger charge is -2.19. The minimum absolute atomic E-state index is 0.0605. The molecule has 1 aromatic rings. The standard InChI is InChI=1S/C15H19ClN4O2/c1-3-18-14(21)9-20(4-2)10-15(22)19-13-7-12(16)6-5-11(13)8-17/h5-7H,3-4,9-10H2,1-2H3,(H,18,21)(H,19,22). The van der Waals surface area contributed by atoms with Crippen LogP contribution in [0.2, 0.25) is 5.02 Å². The van der Waals surface area contributed by atoms with Gasteiger partial charge in [0, 0.05) is 11.6 Å². The van der Waals surface area contributed by atoms with Crippen molar-refractivity contribution in [2.24, 2.45) is 0 Å². The van der Waals surface area contributed by atoms with Gasteiger partial charge in [0.2, 0.25) is 11.8 Å². The Kier molecular flexibility index (Phi) is 7.37. The topological polar surface area (TPSA) is 85.2 Å². The fourth-order valence-corrected chi connectivity index (χ4v) is 2.02. The van der Waals surface area contributed by atoms with Crippen LogP contribution < -0.4 is 10.6 Å². The molecule has 2 N–H and O–H groups in total. The second kappa shape index (κ2) is 9.03. The van der Waals surface area contributed by atoms with Crippen LogP contribution in [0.1, 0.15) is 19.4 Å². The van der Waals surface area contributed by atoms with Crippen LogP contribution in [0, 0.1) is 11.3 Å². The van der Waals surface area contributed by atoms with Gasteiger partial charge in [-0.3, -0.25) is 14.5 Å². The van der Waals surface area contributed by atoms with Crippen molar-refractivity contribution >= 4 is 29.1 Å². The number of nitriles is 1. The van der Waals surface area contributed by atoms with E-state index in [-0.39, 0.29) is 24.9 Å². The van der Waals surface area contributed by atoms with Crippen molar-refractivity contribution in [1.29, 1.82) is 5.26 Å². The summed E-state index contributed by atoms with van der Waals surface area (Å²) in [6, 6.07) is 6.65. The second-order valence-corrected chi connectivity index (χ2v) is 5.04. The number of nitrogens with zero attached hydrogens (tertiary/aromatic N) is 2. The summed E-state index contributed by atoms with van der Waals surface area (Å²) in [5.74, 6) is -0.428. The number of amides is 2. The zero-order valence-electron chi connectivity index (χ0n) is 12.6. The average molecular weight is 323 g/mol. The van der Waals surface area contributed by atoms with Crippen molar-refractivity contribution in [2.45, 2.75) is 13.8 Å². The second-order valence-electron chi connectivity index (χ2n) is 4.61. The smallest absolute Gasteiger partial charge is 0.238 e. The summed E-state index contributed by atoms with van der Waals surface area (Å²) >= 11 is 5.87. The van der Waals surface area contributed by atoms with Gasteiger partial charge in [-0.15, -0.1) is 0 Å². The summed E-state index contributed by atoms with van der Waals surface area (Å²) in [4.78, 5) is 25.3. The Hall–Kier alpha value is -2.10. The first kappa shape index (κ1) is 18.0. The number of carbonyl (C=O) groups excluding carboxylic acids is 2. The van der Waals surface area contributed by atoms with Crippen molar-refractivity contribution in [1.82, 2.24) is 10.2 Å². The Bertz CT molecular complexity index is 583. The molecule has 2 amide bonds. The quantitative estimate of drug-likeness (QED) is 0.798. The molecule has 0 aliphatic rings. The minimum atomic E-state index is -0.301. The fraction of sp³-hybridized carbons (Fsp3) is 0.400. The van der Waals surface area contributed by atoms with Crippen LogP contribution in [0.3, 0.4) is 0 Å². The van der Waals surface area contributed by atoms with Crippen LogP contribution in [0.4, 0.5) is 5.69 Å². The molecule has 0 atom stereocenters. The number of rotatable bonds is 7. The third-order valence-corrected chi connectivity index (χ3v) is 3.17. The maximum Gasteiger partial charge on any atom is 0.238 e. The van der Waals surface area contributed by atoms with Crippen molar-refractivity contribution in [3.63, 3.8) is 0 Å². The van der Waals surface area contributed by atoms with E-state index in [0.29, 0.717) is 29.4 Å². The van der Waals surface area contributed by atoms with Crippen molar-refractivity contribution in [2.75, 3.05) is 31.5 Å². The number of carbonyl (C=O) groups is 2. The molecule has 0 saturated heterocycles. The first-order valence-electron chi connectivity index (χ1n) is 6.98. The summed E-state index contributed by atoms with van der Waals surface area (Å²) in [6.07, 6.45) is 0. The molecule has 118 valence electrons. The van der Waals surface area contributed by atoms with E-state index in [4.69, 9.17) is 16.9 Å². The first-order chi connectivity index (χ1) is 10.5. The summed E-state index contributed by atoms with van der Waals surface area (Å²) in [5.41, 5.74) is 0.707. The Labute approximate surface area is 135 Å². The molecular weight excluding hydrogens is 304 g/mol. The van der Waals surface area contributed by atoms with Crippen LogP contribution >= 0.6 is 11.6 Å². The highest BCUT2D eigenvalue weighted by Gasteiger charge is 2.14. The summed E-state index contributed by atoms with van der Waals surface area (Å²) in [6.45, 7) is 5.03. The largest absolute Gasteiger partial charge is 0.355 e. The number of benzene rings is 1. The Morgan fingerprint density at radius 2 is 1.95 bits per heavy atom. The number of hydrogen-bond donors (Lipinski definition) is 2. The number of likely N-dealkylation sites (N-methyl/N-ethyl adjacent to an activating group) is 2. The Morgan fingerprint density at radius 1 is 1.27 bits per heavy atom. The van der Waals surface area contributed by atoms with E-state index in [0.717, 1.165) is 0 Å². The van der Waals surface area contributed by atoms with Gasteiger partial charge in [0.1, 0.15) is 6.07 Å². The van der Waals surface area contributed by atoms with E-state index in [2.05, 4.69) is 10.6 Å². The van der Waals surface area contributed by atoms with Gasteiger partial charge in [0.25, 0.3) is 0 Å². The van der Waals surface area contributed by atoms with Gasteiger partial charge in [0.05, 0.1) is 24.3 Å². The fourth-order valence-electron chi connectivity index (χ4n) is 1.85. The zero-order valence-corrected chi connectivity index (χ0v) is 13.4. The van der Waals surface area contributed by atoms with E-state index >= 15 is 0 Å². The van der Waals surface area contributed by atoms with Crippen LogP contribution in [-0.4, -0.2) is 42.9 Å². The van der Waals surface area contributed by atoms with Crippen molar-refractivity contribution < 1.29 is 9.59 Å². The third kappa shape index (κ3) is 5.72. The molecule has 0 saturated carbocycles. The highest BCUT2D eigenvalue weighted by molar-refractivity contribution is 6.31. The minimum Gasteiger partial charge on any atom is -0.355 e. The maximum absolute atomic E-state index is 12.1. The van der Waals surface area contributed by atoms with E-state index in [1.807, 2.05) is 19.9 Å². The molecule has 1 rings (SSSR count). The van der Waals surface area contributed by atoms with E-state index in [9.17, 15) is 9.59 Å². The van der Waals surface area contributed by atoms with Gasteiger partial charge in [-0.05, 0) is 31.7 Å². The van der Waals surface area contributed by atoms with Gasteiger partial charge in [-0.25, -0.2) is 0 Å². The Morgan fingerprint density at radius 3 is 2.55 bits per heavy atom. The number of hydrogen-bond acceptors (Lipinski definition) is 4. The molecule has 0 heterocycles. The predicted octanol–water partition coefficient (Wildman–Crippen LogP) is 1.61. The monoisotopic (exact) mass is 322 g/mol. The molecule has 0 bridgehead atoms. The summed E-state index contributed by atoms with van der Waals surface area (Å²) in [5, 5.41) is 14.8. The lowest BCUT2D eigenvalue weighted by Crippen LogP contribution is -2.41. The molecule has 0 aromatic heterocycles. The van der Waals surface area contributed by atoms with Crippen LogP contribution in [0.25, 0.3) is 0 Å². The Balaban J connectivity index is 2.67. The van der Waals surface area contributed by atoms with Gasteiger partial charge in [0.15, 0.2) is 0 Å². The summed E-state index contributed by atoms with van der Waals surface area (Å²) < 4.78 is 0. The number of nitrogens with one attached hydrogen (secondary N) is 2. The lowest BCUT2D eigenvalue weighted by molar-refractivity contribution is -0.123. The third-order valence-electron chi connectivity index (χ3n) is 2.93. The number of anilines is 1. The maximum atomic E-state index is 12.1. The average Bonchev–Trinajstić information content (AvgIpc) is 2.47. The molecule has 0 aliphatic heterocycles. The lowest BCUT2D eigenvalue weighted by atomic mass is 10.2. The molecular formula is C15H19ClN4O2. The normalized spacial score (nSPS) is 10.1. The molecule has 0 radical (unpaired) electrons. The van der Waals surface area contributed by atoms with Gasteiger partial charge >= 0.3 is 0 Å². The molecule has 22 heavy (non-hydrogen) atoms. The molecule has 1 aromatic carbocycles. The zero-order chi connectivity index (χ0) is 16.5. The summed E-state index contributed by atoms with van der Waals surface area (Å²) in [7, 11) is 0. The van der Waals surface area contributed by atoms with E-state index in [1.165, 1.54) is 6.07 Å². The molecule has 0 fully saturated rings. The predicted molar refractivity (Wildman–Crippen MR) is 85.6 cm³/mol.